The zero-order valence-electron chi connectivity index (χ0n) is 21.4. The molecular formula is C28H36FN3O4. The lowest BCUT2D eigenvalue weighted by Gasteiger charge is -2.60. The van der Waals surface area contributed by atoms with E-state index in [2.05, 4.69) is 17.2 Å². The molecule has 0 aromatic carbocycles. The Kier molecular flexibility index (Phi) is 5.18. The highest BCUT2D eigenvalue weighted by Gasteiger charge is 2.75. The molecule has 0 radical (unpaired) electrons. The largest absolute Gasteiger partial charge is 0.388 e. The van der Waals surface area contributed by atoms with Crippen molar-refractivity contribution in [3.63, 3.8) is 0 Å². The number of nitrogens with one attached hydrogen (secondary N) is 1. The minimum atomic E-state index is -1.75. The molecule has 8 atom stereocenters. The molecular weight excluding hydrogens is 461 g/mol. The van der Waals surface area contributed by atoms with Crippen LogP contribution in [-0.2, 0) is 9.53 Å². The molecule has 194 valence electrons. The van der Waals surface area contributed by atoms with Crippen LogP contribution in [-0.4, -0.2) is 75.2 Å². The van der Waals surface area contributed by atoms with Crippen molar-refractivity contribution in [1.29, 1.82) is 0 Å². The SMILES string of the molecule is Cc1ncccc1NC(=O)C1=CCC2C1(C)CCC1(F)C=C3C(O)C(O)C(N(C)C)CC34CCC21O4. The van der Waals surface area contributed by atoms with Crippen molar-refractivity contribution in [2.45, 2.75) is 87.5 Å². The number of alkyl halides is 1. The molecule has 5 aliphatic rings. The smallest absolute Gasteiger partial charge is 0.251 e. The van der Waals surface area contributed by atoms with Crippen LogP contribution >= 0.6 is 0 Å². The number of carbonyl (C=O) groups excluding carboxylic acids is 1. The first-order valence-electron chi connectivity index (χ1n) is 13.0. The summed E-state index contributed by atoms with van der Waals surface area (Å²) in [5.74, 6) is -0.360. The lowest BCUT2D eigenvalue weighted by atomic mass is 9.53. The Bertz CT molecular complexity index is 1190. The van der Waals surface area contributed by atoms with E-state index >= 15 is 4.39 Å². The average molecular weight is 498 g/mol. The lowest BCUT2D eigenvalue weighted by molar-refractivity contribution is -0.241. The number of rotatable bonds is 3. The zero-order chi connectivity index (χ0) is 25.7. The Morgan fingerprint density at radius 1 is 1.25 bits per heavy atom. The molecule has 2 aliphatic heterocycles. The standard InChI is InChI=1S/C28H36FN3O4/c1-16-19(6-5-13-30-16)31-24(35)17-7-8-21-25(17,2)9-11-27(29)14-18-22(33)23(34)20(32(3)4)15-26(18)10-12-28(21,27)36-26/h5-7,13-14,20-23,33-34H,8-12,15H2,1-4H3,(H,31,35). The number of aromatic nitrogens is 1. The third kappa shape index (κ3) is 2.98. The summed E-state index contributed by atoms with van der Waals surface area (Å²) < 4.78 is 23.9. The van der Waals surface area contributed by atoms with Gasteiger partial charge in [-0.15, -0.1) is 0 Å². The van der Waals surface area contributed by atoms with E-state index in [4.69, 9.17) is 4.74 Å². The number of hydrogen-bond acceptors (Lipinski definition) is 6. The number of likely N-dealkylation sites (N-methyl/N-ethyl adjacent to an activating group) is 1. The fraction of sp³-hybridized carbons (Fsp3) is 0.643. The van der Waals surface area contributed by atoms with Gasteiger partial charge in [0.05, 0.1) is 23.1 Å². The van der Waals surface area contributed by atoms with E-state index in [9.17, 15) is 15.0 Å². The highest BCUT2D eigenvalue weighted by molar-refractivity contribution is 6.05. The maximum Gasteiger partial charge on any atom is 0.251 e. The number of carbonyl (C=O) groups is 1. The third-order valence-corrected chi connectivity index (χ3v) is 10.1. The summed E-state index contributed by atoms with van der Waals surface area (Å²) in [6.07, 6.45) is 6.03. The predicted molar refractivity (Wildman–Crippen MR) is 133 cm³/mol. The van der Waals surface area contributed by atoms with E-state index in [1.807, 2.05) is 38.1 Å². The number of fused-ring (bicyclic) bond motifs is 1. The van der Waals surface area contributed by atoms with Crippen LogP contribution < -0.4 is 5.32 Å². The van der Waals surface area contributed by atoms with Gasteiger partial charge < -0.3 is 25.2 Å². The van der Waals surface area contributed by atoms with Gasteiger partial charge in [0.1, 0.15) is 11.7 Å². The van der Waals surface area contributed by atoms with Crippen molar-refractivity contribution in [3.05, 3.63) is 47.3 Å². The van der Waals surface area contributed by atoms with Crippen molar-refractivity contribution in [2.75, 3.05) is 19.4 Å². The van der Waals surface area contributed by atoms with Crippen molar-refractivity contribution in [3.8, 4) is 0 Å². The first-order valence-corrected chi connectivity index (χ1v) is 13.0. The summed E-state index contributed by atoms with van der Waals surface area (Å²) in [6.45, 7) is 3.94. The molecule has 36 heavy (non-hydrogen) atoms. The van der Waals surface area contributed by atoms with E-state index in [1.165, 1.54) is 0 Å². The molecule has 2 spiro atoms. The Morgan fingerprint density at radius 2 is 2.03 bits per heavy atom. The topological polar surface area (TPSA) is 94.9 Å². The van der Waals surface area contributed by atoms with Crippen molar-refractivity contribution in [1.82, 2.24) is 9.88 Å². The lowest BCUT2D eigenvalue weighted by Crippen LogP contribution is -2.68. The third-order valence-electron chi connectivity index (χ3n) is 10.1. The van der Waals surface area contributed by atoms with Crippen LogP contribution in [0, 0.1) is 18.3 Å². The highest BCUT2D eigenvalue weighted by Crippen LogP contribution is 2.70. The van der Waals surface area contributed by atoms with E-state index in [1.54, 1.807) is 18.3 Å². The van der Waals surface area contributed by atoms with Gasteiger partial charge in [-0.2, -0.15) is 0 Å². The number of pyridine rings is 1. The molecule has 3 aliphatic carbocycles. The number of halogens is 1. The van der Waals surface area contributed by atoms with Crippen LogP contribution in [0.5, 0.6) is 0 Å². The van der Waals surface area contributed by atoms with Gasteiger partial charge in [0.15, 0.2) is 5.67 Å². The van der Waals surface area contributed by atoms with Gasteiger partial charge in [0.2, 0.25) is 0 Å². The van der Waals surface area contributed by atoms with Gasteiger partial charge >= 0.3 is 0 Å². The van der Waals surface area contributed by atoms with Crippen molar-refractivity contribution >= 4 is 11.6 Å². The maximum absolute atomic E-state index is 17.0. The fourth-order valence-electron chi connectivity index (χ4n) is 8.14. The molecule has 1 saturated heterocycles. The summed E-state index contributed by atoms with van der Waals surface area (Å²) in [5, 5.41) is 24.9. The monoisotopic (exact) mass is 497 g/mol. The summed E-state index contributed by atoms with van der Waals surface area (Å²) in [7, 11) is 3.76. The molecule has 3 heterocycles. The van der Waals surface area contributed by atoms with Crippen LogP contribution in [0.1, 0.15) is 51.1 Å². The summed E-state index contributed by atoms with van der Waals surface area (Å²) in [4.78, 5) is 19.7. The number of amides is 1. The van der Waals surface area contributed by atoms with Crippen LogP contribution in [0.25, 0.3) is 0 Å². The summed E-state index contributed by atoms with van der Waals surface area (Å²) in [6, 6.07) is 3.34. The molecule has 8 heteroatoms. The number of aliphatic hydroxyl groups is 2. The maximum atomic E-state index is 17.0. The van der Waals surface area contributed by atoms with E-state index in [0.29, 0.717) is 48.9 Å². The van der Waals surface area contributed by atoms with Crippen LogP contribution in [0.15, 0.2) is 41.6 Å². The van der Waals surface area contributed by atoms with Crippen LogP contribution in [0.3, 0.4) is 0 Å². The van der Waals surface area contributed by atoms with E-state index in [0.717, 1.165) is 5.69 Å². The molecule has 7 nitrogen and oxygen atoms in total. The van der Waals surface area contributed by atoms with Gasteiger partial charge in [-0.05, 0) is 83.3 Å². The molecule has 3 fully saturated rings. The van der Waals surface area contributed by atoms with Gasteiger partial charge in [0, 0.05) is 29.1 Å². The Hall–Kier alpha value is -2.13. The number of hydrogen-bond donors (Lipinski definition) is 3. The van der Waals surface area contributed by atoms with Crippen molar-refractivity contribution < 1.29 is 24.1 Å². The quantitative estimate of drug-likeness (QED) is 0.556. The molecule has 1 amide bonds. The number of allylic oxidation sites excluding steroid dienone is 1. The average Bonchev–Trinajstić information content (AvgIpc) is 3.36. The summed E-state index contributed by atoms with van der Waals surface area (Å²) in [5.41, 5.74) is -1.52. The fourth-order valence-corrected chi connectivity index (χ4v) is 8.14. The number of aliphatic hydroxyl groups excluding tert-OH is 2. The molecule has 3 N–H and O–H groups in total. The van der Waals surface area contributed by atoms with Gasteiger partial charge in [0.25, 0.3) is 5.91 Å². The second-order valence-electron chi connectivity index (χ2n) is 12.0. The zero-order valence-corrected chi connectivity index (χ0v) is 21.4. The molecule has 1 aromatic rings. The number of ether oxygens (including phenoxy) is 1. The minimum Gasteiger partial charge on any atom is -0.388 e. The van der Waals surface area contributed by atoms with E-state index in [-0.39, 0.29) is 24.3 Å². The van der Waals surface area contributed by atoms with E-state index < -0.39 is 34.5 Å². The highest BCUT2D eigenvalue weighted by atomic mass is 19.1. The molecule has 1 aromatic heterocycles. The number of anilines is 1. The number of aryl methyl sites for hydroxylation is 1. The number of nitrogens with zero attached hydrogens (tertiary/aromatic N) is 2. The first-order chi connectivity index (χ1) is 17.0. The van der Waals surface area contributed by atoms with Crippen LogP contribution in [0.4, 0.5) is 10.1 Å². The van der Waals surface area contributed by atoms with Gasteiger partial charge in [-0.1, -0.05) is 13.0 Å². The van der Waals surface area contributed by atoms with Gasteiger partial charge in [-0.3, -0.25) is 9.78 Å². The van der Waals surface area contributed by atoms with Gasteiger partial charge in [-0.25, -0.2) is 4.39 Å². The van der Waals surface area contributed by atoms with Crippen molar-refractivity contribution in [2.24, 2.45) is 11.3 Å². The molecule has 2 bridgehead atoms. The second-order valence-corrected chi connectivity index (χ2v) is 12.0. The molecule has 6 rings (SSSR count). The minimum absolute atomic E-state index is 0.164. The second kappa shape index (κ2) is 7.69. The summed E-state index contributed by atoms with van der Waals surface area (Å²) >= 11 is 0. The Labute approximate surface area is 211 Å². The first kappa shape index (κ1) is 24.2. The molecule has 2 saturated carbocycles. The Balaban J connectivity index is 1.35. The van der Waals surface area contributed by atoms with Crippen LogP contribution in [0.2, 0.25) is 0 Å². The molecule has 8 unspecified atom stereocenters. The Morgan fingerprint density at radius 3 is 2.75 bits per heavy atom. The predicted octanol–water partition coefficient (Wildman–Crippen LogP) is 3.07. The normalized spacial score (nSPS) is 44.9.